The highest BCUT2D eigenvalue weighted by molar-refractivity contribution is 7.89. The van der Waals surface area contributed by atoms with Gasteiger partial charge >= 0.3 is 5.97 Å². The maximum absolute atomic E-state index is 11.6. The molecule has 5 nitrogen and oxygen atoms in total. The minimum absolute atomic E-state index is 0.163. The molecule has 0 aromatic carbocycles. The van der Waals surface area contributed by atoms with Gasteiger partial charge in [0.1, 0.15) is 6.54 Å². The van der Waals surface area contributed by atoms with Gasteiger partial charge in [-0.3, -0.25) is 4.79 Å². The first-order valence-corrected chi connectivity index (χ1v) is 6.24. The predicted molar refractivity (Wildman–Crippen MR) is 57.9 cm³/mol. The minimum atomic E-state index is -3.43. The molecule has 0 aliphatic carbocycles. The highest BCUT2D eigenvalue weighted by Crippen LogP contribution is 2.03. The van der Waals surface area contributed by atoms with Crippen molar-refractivity contribution < 1.29 is 17.9 Å². The van der Waals surface area contributed by atoms with Crippen LogP contribution in [0.1, 0.15) is 13.3 Å². The molecule has 88 valence electrons. The molecule has 0 radical (unpaired) electrons. The third-order valence-electron chi connectivity index (χ3n) is 1.73. The molecule has 6 heteroatoms. The lowest BCUT2D eigenvalue weighted by atomic mass is 10.5. The molecule has 0 saturated carbocycles. The van der Waals surface area contributed by atoms with E-state index in [0.29, 0.717) is 13.0 Å². The van der Waals surface area contributed by atoms with Gasteiger partial charge in [0.25, 0.3) is 0 Å². The average Bonchev–Trinajstić information content (AvgIpc) is 2.16. The Hall–Kier alpha value is -0.880. The molecule has 0 aliphatic heterocycles. The van der Waals surface area contributed by atoms with Crippen LogP contribution in [-0.4, -0.2) is 44.6 Å². The summed E-state index contributed by atoms with van der Waals surface area (Å²) in [5.41, 5.74) is 0. The van der Waals surface area contributed by atoms with Gasteiger partial charge in [-0.05, 0) is 6.42 Å². The summed E-state index contributed by atoms with van der Waals surface area (Å²) in [5, 5.41) is 0. The number of ether oxygens (including phenoxy) is 1. The second-order valence-corrected chi connectivity index (χ2v) is 4.99. The van der Waals surface area contributed by atoms with E-state index >= 15 is 0 Å². The Kier molecular flexibility index (Phi) is 6.19. The Morgan fingerprint density at radius 1 is 1.53 bits per heavy atom. The highest BCUT2D eigenvalue weighted by Gasteiger charge is 2.22. The van der Waals surface area contributed by atoms with Crippen LogP contribution >= 0.6 is 0 Å². The van der Waals surface area contributed by atoms with Crippen LogP contribution < -0.4 is 0 Å². The SMILES string of the molecule is C=CCS(=O)(=O)N(CCC)CC(=O)OC. The fourth-order valence-electron chi connectivity index (χ4n) is 1.03. The lowest BCUT2D eigenvalue weighted by molar-refractivity contribution is -0.140. The van der Waals surface area contributed by atoms with Crippen LogP contribution in [0, 0.1) is 0 Å². The fourth-order valence-corrected chi connectivity index (χ4v) is 2.30. The Bertz CT molecular complexity index is 310. The van der Waals surface area contributed by atoms with E-state index in [4.69, 9.17) is 0 Å². The summed E-state index contributed by atoms with van der Waals surface area (Å²) < 4.78 is 28.8. The largest absolute Gasteiger partial charge is 0.468 e. The number of carbonyl (C=O) groups is 1. The van der Waals surface area contributed by atoms with Crippen LogP contribution in [0.5, 0.6) is 0 Å². The maximum Gasteiger partial charge on any atom is 0.321 e. The Labute approximate surface area is 90.8 Å². The van der Waals surface area contributed by atoms with Crippen molar-refractivity contribution in [1.82, 2.24) is 4.31 Å². The molecule has 0 unspecified atom stereocenters. The molecule has 0 amide bonds. The molecule has 0 aromatic heterocycles. The Balaban J connectivity index is 4.64. The number of nitrogens with zero attached hydrogens (tertiary/aromatic N) is 1. The first-order valence-electron chi connectivity index (χ1n) is 4.63. The third kappa shape index (κ3) is 4.94. The van der Waals surface area contributed by atoms with Gasteiger partial charge in [0.2, 0.25) is 10.0 Å². The summed E-state index contributed by atoms with van der Waals surface area (Å²) in [6, 6.07) is 0. The highest BCUT2D eigenvalue weighted by atomic mass is 32.2. The number of rotatable bonds is 7. The van der Waals surface area contributed by atoms with E-state index in [1.165, 1.54) is 13.2 Å². The van der Waals surface area contributed by atoms with Gasteiger partial charge in [0.15, 0.2) is 0 Å². The van der Waals surface area contributed by atoms with Crippen molar-refractivity contribution in [3.8, 4) is 0 Å². The molecular weight excluding hydrogens is 218 g/mol. The average molecular weight is 235 g/mol. The molecule has 0 fully saturated rings. The van der Waals surface area contributed by atoms with Crippen molar-refractivity contribution in [2.45, 2.75) is 13.3 Å². The van der Waals surface area contributed by atoms with Crippen molar-refractivity contribution in [2.24, 2.45) is 0 Å². The quantitative estimate of drug-likeness (QED) is 0.473. The smallest absolute Gasteiger partial charge is 0.321 e. The van der Waals surface area contributed by atoms with Crippen molar-refractivity contribution >= 4 is 16.0 Å². The monoisotopic (exact) mass is 235 g/mol. The molecule has 0 atom stereocenters. The van der Waals surface area contributed by atoms with Crippen LogP contribution in [0.25, 0.3) is 0 Å². The lowest BCUT2D eigenvalue weighted by Gasteiger charge is -2.19. The fraction of sp³-hybridized carbons (Fsp3) is 0.667. The summed E-state index contributed by atoms with van der Waals surface area (Å²) in [5.74, 6) is -0.722. The van der Waals surface area contributed by atoms with E-state index in [1.807, 2.05) is 6.92 Å². The first-order chi connectivity index (χ1) is 6.97. The van der Waals surface area contributed by atoms with Crippen LogP contribution in [0.3, 0.4) is 0 Å². The van der Waals surface area contributed by atoms with Gasteiger partial charge < -0.3 is 4.74 Å². The van der Waals surface area contributed by atoms with Crippen molar-refractivity contribution in [2.75, 3.05) is 26.0 Å². The zero-order valence-corrected chi connectivity index (χ0v) is 9.92. The van der Waals surface area contributed by atoms with Crippen LogP contribution in [0.15, 0.2) is 12.7 Å². The zero-order valence-electron chi connectivity index (χ0n) is 9.10. The second-order valence-electron chi connectivity index (χ2n) is 2.98. The van der Waals surface area contributed by atoms with Crippen molar-refractivity contribution in [3.63, 3.8) is 0 Å². The molecule has 0 aromatic rings. The third-order valence-corrected chi connectivity index (χ3v) is 3.48. The predicted octanol–water partition coefficient (Wildman–Crippen LogP) is 0.387. The van der Waals surface area contributed by atoms with Gasteiger partial charge in [-0.1, -0.05) is 13.0 Å². The van der Waals surface area contributed by atoms with E-state index < -0.39 is 16.0 Å². The van der Waals surface area contributed by atoms with E-state index in [1.54, 1.807) is 0 Å². The van der Waals surface area contributed by atoms with E-state index in [-0.39, 0.29) is 12.3 Å². The Morgan fingerprint density at radius 3 is 2.53 bits per heavy atom. The van der Waals surface area contributed by atoms with Crippen molar-refractivity contribution in [1.29, 1.82) is 0 Å². The van der Waals surface area contributed by atoms with Crippen LogP contribution in [0.2, 0.25) is 0 Å². The standard InChI is InChI=1S/C9H17NO4S/c1-4-6-10(8-9(11)14-3)15(12,13)7-5-2/h5H,2,4,6-8H2,1,3H3. The summed E-state index contributed by atoms with van der Waals surface area (Å²) in [6.45, 7) is 5.28. The van der Waals surface area contributed by atoms with Gasteiger partial charge in [0.05, 0.1) is 12.9 Å². The number of sulfonamides is 1. The number of hydrogen-bond donors (Lipinski definition) is 0. The molecule has 15 heavy (non-hydrogen) atoms. The molecule has 0 spiro atoms. The van der Waals surface area contributed by atoms with E-state index in [0.717, 1.165) is 4.31 Å². The van der Waals surface area contributed by atoms with Crippen molar-refractivity contribution in [3.05, 3.63) is 12.7 Å². The summed E-state index contributed by atoms with van der Waals surface area (Å²) in [6.07, 6.45) is 1.95. The molecular formula is C9H17NO4S. The van der Waals surface area contributed by atoms with Gasteiger partial charge in [-0.15, -0.1) is 6.58 Å². The zero-order chi connectivity index (χ0) is 11.9. The lowest BCUT2D eigenvalue weighted by Crippen LogP contribution is -2.37. The summed E-state index contributed by atoms with van der Waals surface area (Å²) >= 11 is 0. The van der Waals surface area contributed by atoms with Gasteiger partial charge in [-0.25, -0.2) is 8.42 Å². The molecule has 0 saturated heterocycles. The summed E-state index contributed by atoms with van der Waals surface area (Å²) in [7, 11) is -2.20. The molecule has 0 rings (SSSR count). The van der Waals surface area contributed by atoms with E-state index in [2.05, 4.69) is 11.3 Å². The second kappa shape index (κ2) is 6.58. The molecule has 0 heterocycles. The number of carbonyl (C=O) groups excluding carboxylic acids is 1. The summed E-state index contributed by atoms with van der Waals surface area (Å²) in [4.78, 5) is 11.0. The normalized spacial score (nSPS) is 11.4. The topological polar surface area (TPSA) is 63.7 Å². The Morgan fingerprint density at radius 2 is 2.13 bits per heavy atom. The molecule has 0 aliphatic rings. The molecule has 0 N–H and O–H groups in total. The first kappa shape index (κ1) is 14.1. The molecule has 0 bridgehead atoms. The van der Waals surface area contributed by atoms with Crippen LogP contribution in [-0.2, 0) is 19.6 Å². The van der Waals surface area contributed by atoms with E-state index in [9.17, 15) is 13.2 Å². The number of hydrogen-bond acceptors (Lipinski definition) is 4. The number of methoxy groups -OCH3 is 1. The maximum atomic E-state index is 11.6. The van der Waals surface area contributed by atoms with Crippen LogP contribution in [0.4, 0.5) is 0 Å². The van der Waals surface area contributed by atoms with Gasteiger partial charge in [-0.2, -0.15) is 4.31 Å². The van der Waals surface area contributed by atoms with Gasteiger partial charge in [0, 0.05) is 6.54 Å². The number of esters is 1. The minimum Gasteiger partial charge on any atom is -0.468 e.